The maximum absolute atomic E-state index is 14.5. The number of benzene rings is 2. The minimum Gasteiger partial charge on any atom is -0.496 e. The second-order valence-corrected chi connectivity index (χ2v) is 13.4. The van der Waals surface area contributed by atoms with Gasteiger partial charge in [-0.05, 0) is 97.2 Å². The van der Waals surface area contributed by atoms with Gasteiger partial charge in [0.2, 0.25) is 0 Å². The van der Waals surface area contributed by atoms with Crippen molar-refractivity contribution in [3.63, 3.8) is 0 Å². The Kier molecular flexibility index (Phi) is 15.7. The standard InChI is InChI=1S/C41H53F3N2O4/c1-8-10-22-50-46-40(48)32-19-21-39(49-7)33(26-32)25-29(5)30(6)38-24-27(3)23-36(41(42,43)44)37(45-38)17-13-15-31-14-11-12-16-35(31)28(4)18-20-34(47)9-2/h9,11-12,14,16,19,21,23-24,26-30H,2,8,10,13,15,17-18,20,22,25H2,1,3-7H3,(H,46,48). The molecule has 6 nitrogen and oxygen atoms in total. The maximum atomic E-state index is 14.5. The Bertz CT molecular complexity index is 1560. The normalized spacial score (nSPS) is 16.7. The molecule has 0 aliphatic carbocycles. The van der Waals surface area contributed by atoms with E-state index in [0.717, 1.165) is 29.5 Å². The van der Waals surface area contributed by atoms with Gasteiger partial charge in [-0.15, -0.1) is 0 Å². The third kappa shape index (κ3) is 11.8. The van der Waals surface area contributed by atoms with Crippen molar-refractivity contribution >= 4 is 17.4 Å². The first-order chi connectivity index (χ1) is 23.8. The van der Waals surface area contributed by atoms with E-state index in [1.165, 1.54) is 12.2 Å². The summed E-state index contributed by atoms with van der Waals surface area (Å²) in [6.07, 6.45) is 4.53. The number of halogens is 3. The molecular weight excluding hydrogens is 641 g/mol. The lowest BCUT2D eigenvalue weighted by molar-refractivity contribution is -0.114. The SMILES string of the molecule is C=CC(=O)CCC(C)c1ccccc1CCCC1=NC(C(C)C(C)Cc2cc(C(=O)NOCCCC)ccc2OC)=CC(C)C=C1C(F)(F)F. The molecule has 4 unspecified atom stereocenters. The number of carbonyl (C=O) groups excluding carboxylic acids is 2. The first-order valence-corrected chi connectivity index (χ1v) is 17.7. The highest BCUT2D eigenvalue weighted by atomic mass is 19.4. The lowest BCUT2D eigenvalue weighted by Gasteiger charge is -2.23. The van der Waals surface area contributed by atoms with Gasteiger partial charge >= 0.3 is 6.18 Å². The number of hydrogen-bond donors (Lipinski definition) is 1. The van der Waals surface area contributed by atoms with Crippen molar-refractivity contribution in [2.24, 2.45) is 22.7 Å². The van der Waals surface area contributed by atoms with Gasteiger partial charge in [-0.1, -0.05) is 84.0 Å². The number of unbranched alkanes of at least 4 members (excludes halogenated alkanes) is 1. The number of hydrogen-bond acceptors (Lipinski definition) is 5. The first-order valence-electron chi connectivity index (χ1n) is 17.7. The van der Waals surface area contributed by atoms with Crippen LogP contribution in [0.1, 0.15) is 106 Å². The van der Waals surface area contributed by atoms with Gasteiger partial charge < -0.3 is 4.74 Å². The molecule has 1 aliphatic rings. The third-order valence-corrected chi connectivity index (χ3v) is 9.41. The fourth-order valence-corrected chi connectivity index (χ4v) is 6.22. The average Bonchev–Trinajstić information content (AvgIpc) is 3.27. The molecule has 2 aromatic rings. The van der Waals surface area contributed by atoms with E-state index >= 15 is 0 Å². The summed E-state index contributed by atoms with van der Waals surface area (Å²) in [5.74, 6) is -0.299. The number of ketones is 1. The van der Waals surface area contributed by atoms with E-state index in [9.17, 15) is 22.8 Å². The Labute approximate surface area is 295 Å². The van der Waals surface area contributed by atoms with E-state index < -0.39 is 17.7 Å². The first kappa shape index (κ1) is 40.4. The minimum atomic E-state index is -4.54. The Morgan fingerprint density at radius 1 is 1.04 bits per heavy atom. The van der Waals surface area contributed by atoms with Crippen LogP contribution < -0.4 is 10.2 Å². The molecule has 1 N–H and O–H groups in total. The Morgan fingerprint density at radius 3 is 2.46 bits per heavy atom. The number of methoxy groups -OCH3 is 1. The highest BCUT2D eigenvalue weighted by molar-refractivity contribution is 6.02. The van der Waals surface area contributed by atoms with E-state index in [2.05, 4.69) is 19.0 Å². The number of hydroxylamine groups is 1. The molecule has 0 saturated heterocycles. The Balaban J connectivity index is 1.81. The zero-order valence-corrected chi connectivity index (χ0v) is 30.4. The van der Waals surface area contributed by atoms with Crippen molar-refractivity contribution in [1.29, 1.82) is 0 Å². The lowest BCUT2D eigenvalue weighted by atomic mass is 9.86. The zero-order chi connectivity index (χ0) is 36.8. The molecule has 0 fully saturated rings. The number of nitrogens with zero attached hydrogens (tertiary/aromatic N) is 1. The number of aliphatic imine (C=N–C) groups is 1. The maximum Gasteiger partial charge on any atom is 0.417 e. The highest BCUT2D eigenvalue weighted by Gasteiger charge is 2.38. The zero-order valence-electron chi connectivity index (χ0n) is 30.4. The summed E-state index contributed by atoms with van der Waals surface area (Å²) >= 11 is 0. The average molecular weight is 695 g/mol. The second kappa shape index (κ2) is 19.4. The topological polar surface area (TPSA) is 77.0 Å². The second-order valence-electron chi connectivity index (χ2n) is 13.4. The predicted molar refractivity (Wildman–Crippen MR) is 194 cm³/mol. The van der Waals surface area contributed by atoms with E-state index in [4.69, 9.17) is 14.6 Å². The highest BCUT2D eigenvalue weighted by Crippen LogP contribution is 2.36. The lowest BCUT2D eigenvalue weighted by Crippen LogP contribution is -2.24. The summed E-state index contributed by atoms with van der Waals surface area (Å²) < 4.78 is 49.0. The molecule has 2 aromatic carbocycles. The smallest absolute Gasteiger partial charge is 0.417 e. The van der Waals surface area contributed by atoms with Crippen LogP contribution >= 0.6 is 0 Å². The van der Waals surface area contributed by atoms with Crippen LogP contribution in [0.2, 0.25) is 0 Å². The fourth-order valence-electron chi connectivity index (χ4n) is 6.22. The van der Waals surface area contributed by atoms with Gasteiger partial charge in [0, 0.05) is 23.6 Å². The molecule has 0 aromatic heterocycles. The van der Waals surface area contributed by atoms with Crippen LogP contribution in [0.15, 0.2) is 83.5 Å². The molecule has 272 valence electrons. The molecule has 1 amide bonds. The molecule has 9 heteroatoms. The molecule has 1 aliphatic heterocycles. The molecule has 4 atom stereocenters. The molecule has 0 bridgehead atoms. The van der Waals surface area contributed by atoms with Gasteiger partial charge in [0.15, 0.2) is 5.78 Å². The van der Waals surface area contributed by atoms with Gasteiger partial charge in [0.05, 0.1) is 25.0 Å². The number of amides is 1. The molecular formula is C41H53F3N2O4. The number of rotatable bonds is 19. The van der Waals surface area contributed by atoms with E-state index in [-0.39, 0.29) is 41.6 Å². The summed E-state index contributed by atoms with van der Waals surface area (Å²) in [5.41, 5.74) is 5.90. The number of carbonyl (C=O) groups is 2. The molecule has 0 radical (unpaired) electrons. The minimum absolute atomic E-state index is 0.00265. The van der Waals surface area contributed by atoms with Crippen LogP contribution in [-0.2, 0) is 22.5 Å². The quantitative estimate of drug-likeness (QED) is 0.0902. The molecule has 3 rings (SSSR count). The number of ether oxygens (including phenoxy) is 1. The van der Waals surface area contributed by atoms with Crippen molar-refractivity contribution < 1.29 is 32.3 Å². The molecule has 50 heavy (non-hydrogen) atoms. The molecule has 1 heterocycles. The third-order valence-electron chi connectivity index (χ3n) is 9.41. The predicted octanol–water partition coefficient (Wildman–Crippen LogP) is 10.1. The monoisotopic (exact) mass is 694 g/mol. The van der Waals surface area contributed by atoms with Crippen molar-refractivity contribution in [3.05, 3.63) is 101 Å². The van der Waals surface area contributed by atoms with Crippen LogP contribution in [-0.4, -0.2) is 37.3 Å². The largest absolute Gasteiger partial charge is 0.496 e. The van der Waals surface area contributed by atoms with Gasteiger partial charge in [-0.3, -0.25) is 19.4 Å². The summed E-state index contributed by atoms with van der Waals surface area (Å²) in [5, 5.41) is 0. The van der Waals surface area contributed by atoms with Crippen molar-refractivity contribution in [3.8, 4) is 5.75 Å². The van der Waals surface area contributed by atoms with Crippen LogP contribution in [0, 0.1) is 17.8 Å². The molecule has 0 saturated carbocycles. The summed E-state index contributed by atoms with van der Waals surface area (Å²) in [7, 11) is 1.57. The van der Waals surface area contributed by atoms with Crippen molar-refractivity contribution in [1.82, 2.24) is 5.48 Å². The van der Waals surface area contributed by atoms with Gasteiger partial charge in [0.25, 0.3) is 5.91 Å². The van der Waals surface area contributed by atoms with Gasteiger partial charge in [-0.2, -0.15) is 13.2 Å². The Hall–Kier alpha value is -3.98. The summed E-state index contributed by atoms with van der Waals surface area (Å²) in [4.78, 5) is 34.6. The summed E-state index contributed by atoms with van der Waals surface area (Å²) in [6.45, 7) is 13.9. The number of aryl methyl sites for hydroxylation is 1. The van der Waals surface area contributed by atoms with Gasteiger partial charge in [0.1, 0.15) is 5.75 Å². The Morgan fingerprint density at radius 2 is 1.78 bits per heavy atom. The number of allylic oxidation sites excluding steroid dienone is 5. The number of alkyl halides is 3. The van der Waals surface area contributed by atoms with Crippen LogP contribution in [0.3, 0.4) is 0 Å². The van der Waals surface area contributed by atoms with Gasteiger partial charge in [-0.25, -0.2) is 5.48 Å². The van der Waals surface area contributed by atoms with E-state index in [1.807, 2.05) is 51.1 Å². The van der Waals surface area contributed by atoms with Crippen LogP contribution in [0.5, 0.6) is 5.75 Å². The van der Waals surface area contributed by atoms with Crippen molar-refractivity contribution in [2.75, 3.05) is 13.7 Å². The van der Waals surface area contributed by atoms with Crippen LogP contribution in [0.4, 0.5) is 13.2 Å². The van der Waals surface area contributed by atoms with Crippen LogP contribution in [0.25, 0.3) is 0 Å². The summed E-state index contributed by atoms with van der Waals surface area (Å²) in [6, 6.07) is 13.1. The van der Waals surface area contributed by atoms with Crippen molar-refractivity contribution in [2.45, 2.75) is 98.1 Å². The molecule has 0 spiro atoms. The van der Waals surface area contributed by atoms with E-state index in [1.54, 1.807) is 32.2 Å². The number of nitrogens with one attached hydrogen (secondary N) is 1. The van der Waals surface area contributed by atoms with E-state index in [0.29, 0.717) is 55.7 Å². The fraction of sp³-hybridized carbons (Fsp3) is 0.488.